The molecule has 0 spiro atoms. The lowest BCUT2D eigenvalue weighted by Gasteiger charge is -2.00. The van der Waals surface area contributed by atoms with Gasteiger partial charge in [-0.1, -0.05) is 25.4 Å². The average Bonchev–Trinajstić information content (AvgIpc) is 2.70. The number of esters is 1. The molecule has 1 aliphatic carbocycles. The minimum absolute atomic E-state index is 0.0457. The fourth-order valence-electron chi connectivity index (χ4n) is 1.09. The topological polar surface area (TPSA) is 50.1 Å². The molecule has 1 unspecified atom stereocenters. The maximum absolute atomic E-state index is 11.2. The maximum atomic E-state index is 11.2. The van der Waals surface area contributed by atoms with Gasteiger partial charge in [0.2, 0.25) is 0 Å². The van der Waals surface area contributed by atoms with Crippen LogP contribution in [0.2, 0.25) is 0 Å². The molecule has 0 bridgehead atoms. The quantitative estimate of drug-likeness (QED) is 0.389. The van der Waals surface area contributed by atoms with E-state index in [2.05, 4.69) is 0 Å². The first-order chi connectivity index (χ1) is 5.97. The second-order valence-corrected chi connectivity index (χ2v) is 4.17. The normalized spacial score (nSPS) is 24.8. The molecule has 1 fully saturated rings. The molecule has 1 saturated carbocycles. The lowest BCUT2D eigenvalue weighted by Crippen LogP contribution is -2.07. The van der Waals surface area contributed by atoms with Crippen LogP contribution >= 0.6 is 11.6 Å². The zero-order valence-corrected chi connectivity index (χ0v) is 8.26. The molecular weight excluding hydrogens is 190 g/mol. The molecule has 0 aliphatic heterocycles. The van der Waals surface area contributed by atoms with Gasteiger partial charge in [0.05, 0.1) is 5.92 Å². The van der Waals surface area contributed by atoms with Crippen molar-refractivity contribution in [2.24, 2.45) is 11.3 Å². The van der Waals surface area contributed by atoms with Gasteiger partial charge in [0, 0.05) is 0 Å². The highest BCUT2D eigenvalue weighted by molar-refractivity contribution is 6.31. The van der Waals surface area contributed by atoms with Crippen molar-refractivity contribution in [2.45, 2.75) is 20.3 Å². The molecule has 1 atom stereocenters. The number of nitriles is 1. The van der Waals surface area contributed by atoms with Crippen molar-refractivity contribution in [3.8, 4) is 6.07 Å². The number of nitrogens with zero attached hydrogens (tertiary/aromatic N) is 1. The van der Waals surface area contributed by atoms with Crippen LogP contribution in [0.1, 0.15) is 20.3 Å². The third-order valence-corrected chi connectivity index (χ3v) is 2.36. The summed E-state index contributed by atoms with van der Waals surface area (Å²) >= 11 is 5.33. The van der Waals surface area contributed by atoms with E-state index in [9.17, 15) is 4.79 Å². The zero-order chi connectivity index (χ0) is 10.1. The molecule has 0 heterocycles. The molecule has 70 valence electrons. The van der Waals surface area contributed by atoms with Crippen LogP contribution in [0, 0.1) is 22.7 Å². The van der Waals surface area contributed by atoms with Crippen molar-refractivity contribution in [3.63, 3.8) is 0 Å². The number of hydrogen-bond donors (Lipinski definition) is 0. The van der Waals surface area contributed by atoms with Crippen LogP contribution in [0.15, 0.2) is 11.3 Å². The molecule has 0 radical (unpaired) electrons. The van der Waals surface area contributed by atoms with E-state index < -0.39 is 0 Å². The fourth-order valence-corrected chi connectivity index (χ4v) is 1.13. The summed E-state index contributed by atoms with van der Waals surface area (Å²) in [6.07, 6.45) is 1.82. The second kappa shape index (κ2) is 3.39. The average molecular weight is 200 g/mol. The summed E-state index contributed by atoms with van der Waals surface area (Å²) in [5.74, 6) is -0.356. The van der Waals surface area contributed by atoms with E-state index in [0.717, 1.165) is 12.7 Å². The Morgan fingerprint density at radius 1 is 1.77 bits per heavy atom. The van der Waals surface area contributed by atoms with Crippen molar-refractivity contribution in [3.05, 3.63) is 11.3 Å². The van der Waals surface area contributed by atoms with Gasteiger partial charge in [0.25, 0.3) is 0 Å². The molecule has 0 saturated heterocycles. The molecule has 0 aromatic carbocycles. The van der Waals surface area contributed by atoms with Crippen molar-refractivity contribution >= 4 is 17.6 Å². The second-order valence-electron chi connectivity index (χ2n) is 3.76. The van der Waals surface area contributed by atoms with Gasteiger partial charge in [-0.05, 0) is 11.8 Å². The van der Waals surface area contributed by atoms with Crippen molar-refractivity contribution in [2.75, 3.05) is 0 Å². The maximum Gasteiger partial charge on any atom is 0.314 e. The van der Waals surface area contributed by atoms with Gasteiger partial charge >= 0.3 is 5.97 Å². The fraction of sp³-hybridized carbons (Fsp3) is 0.556. The first kappa shape index (κ1) is 10.1. The number of rotatable bonds is 2. The van der Waals surface area contributed by atoms with Gasteiger partial charge in [-0.2, -0.15) is 5.26 Å². The van der Waals surface area contributed by atoms with Crippen LogP contribution in [0.5, 0.6) is 0 Å². The highest BCUT2D eigenvalue weighted by Gasteiger charge is 2.51. The lowest BCUT2D eigenvalue weighted by molar-refractivity contribution is -0.140. The minimum atomic E-state index is -0.307. The molecule has 1 aliphatic rings. The molecule has 1 rings (SSSR count). The van der Waals surface area contributed by atoms with Gasteiger partial charge in [-0.25, -0.2) is 0 Å². The Bertz CT molecular complexity index is 301. The number of ether oxygens (including phenoxy) is 1. The zero-order valence-electron chi connectivity index (χ0n) is 7.50. The summed E-state index contributed by atoms with van der Waals surface area (Å²) in [6.45, 7) is 3.99. The van der Waals surface area contributed by atoms with Crippen LogP contribution in [0.25, 0.3) is 0 Å². The van der Waals surface area contributed by atoms with Crippen LogP contribution in [0.4, 0.5) is 0 Å². The predicted molar refractivity (Wildman–Crippen MR) is 47.5 cm³/mol. The first-order valence-corrected chi connectivity index (χ1v) is 4.31. The largest absolute Gasteiger partial charge is 0.432 e. The number of halogens is 1. The summed E-state index contributed by atoms with van der Waals surface area (Å²) in [5.41, 5.74) is 0.0457. The Morgan fingerprint density at radius 2 is 2.31 bits per heavy atom. The van der Waals surface area contributed by atoms with Gasteiger partial charge < -0.3 is 4.74 Å². The molecule has 0 aromatic heterocycles. The highest BCUT2D eigenvalue weighted by atomic mass is 35.5. The molecule has 3 nitrogen and oxygen atoms in total. The summed E-state index contributed by atoms with van der Waals surface area (Å²) in [6, 6.07) is 1.65. The Hall–Kier alpha value is -1.01. The first-order valence-electron chi connectivity index (χ1n) is 3.93. The third-order valence-electron chi connectivity index (χ3n) is 2.18. The van der Waals surface area contributed by atoms with Gasteiger partial charge in [0.1, 0.15) is 12.3 Å². The van der Waals surface area contributed by atoms with E-state index in [1.807, 2.05) is 13.8 Å². The number of allylic oxidation sites excluding steroid dienone is 1. The number of carbonyl (C=O) groups excluding carboxylic acids is 1. The van der Waals surface area contributed by atoms with Crippen molar-refractivity contribution in [1.29, 1.82) is 5.26 Å². The Balaban J connectivity index is 2.42. The summed E-state index contributed by atoms with van der Waals surface area (Å²) in [4.78, 5) is 11.2. The summed E-state index contributed by atoms with van der Waals surface area (Å²) < 4.78 is 4.70. The molecule has 13 heavy (non-hydrogen) atoms. The molecule has 0 N–H and O–H groups in total. The molecule has 0 aromatic rings. The smallest absolute Gasteiger partial charge is 0.314 e. The van der Waals surface area contributed by atoms with Crippen molar-refractivity contribution in [1.82, 2.24) is 0 Å². The number of hydrogen-bond acceptors (Lipinski definition) is 3. The van der Waals surface area contributed by atoms with Gasteiger partial charge in [-0.3, -0.25) is 4.79 Å². The van der Waals surface area contributed by atoms with Crippen LogP contribution < -0.4 is 0 Å². The van der Waals surface area contributed by atoms with Crippen LogP contribution in [0.3, 0.4) is 0 Å². The molecule has 4 heteroatoms. The van der Waals surface area contributed by atoms with E-state index in [0.29, 0.717) is 0 Å². The third kappa shape index (κ3) is 2.46. The standard InChI is InChI=1S/C9H10ClNO2/c1-9(2)3-7(9)8(12)13-5-6(10)4-11/h5,7H,3H2,1-2H3. The number of carbonyl (C=O) groups is 1. The SMILES string of the molecule is CC1(C)CC1C(=O)OC=C(Cl)C#N. The Morgan fingerprint density at radius 3 is 2.69 bits per heavy atom. The van der Waals surface area contributed by atoms with Crippen LogP contribution in [-0.4, -0.2) is 5.97 Å². The van der Waals surface area contributed by atoms with Gasteiger partial charge in [-0.15, -0.1) is 0 Å². The minimum Gasteiger partial charge on any atom is -0.432 e. The van der Waals surface area contributed by atoms with E-state index >= 15 is 0 Å². The van der Waals surface area contributed by atoms with Gasteiger partial charge in [0.15, 0.2) is 5.03 Å². The van der Waals surface area contributed by atoms with Crippen molar-refractivity contribution < 1.29 is 9.53 Å². The summed E-state index contributed by atoms with van der Waals surface area (Å²) in [5, 5.41) is 8.14. The monoisotopic (exact) mass is 199 g/mol. The van der Waals surface area contributed by atoms with Crippen LogP contribution in [-0.2, 0) is 9.53 Å². The van der Waals surface area contributed by atoms with E-state index in [1.54, 1.807) is 6.07 Å². The summed E-state index contributed by atoms with van der Waals surface area (Å²) in [7, 11) is 0. The van der Waals surface area contributed by atoms with E-state index in [1.165, 1.54) is 0 Å². The lowest BCUT2D eigenvalue weighted by atomic mass is 10.1. The predicted octanol–water partition coefficient (Wildman–Crippen LogP) is 2.18. The van der Waals surface area contributed by atoms with E-state index in [-0.39, 0.29) is 22.3 Å². The van der Waals surface area contributed by atoms with E-state index in [4.69, 9.17) is 21.6 Å². The molecular formula is C9H10ClNO2. The Kier molecular flexibility index (Phi) is 2.63. The Labute approximate surface area is 81.9 Å². The highest BCUT2D eigenvalue weighted by Crippen LogP contribution is 2.52. The molecule has 0 amide bonds.